The lowest BCUT2D eigenvalue weighted by molar-refractivity contribution is 0.0952. The topological polar surface area (TPSA) is 91.2 Å². The van der Waals surface area contributed by atoms with E-state index in [9.17, 15) is 15.0 Å². The minimum absolute atomic E-state index is 0.222. The van der Waals surface area contributed by atoms with E-state index in [1.807, 2.05) is 0 Å². The second-order valence-corrected chi connectivity index (χ2v) is 5.21. The number of benzene rings is 2. The summed E-state index contributed by atoms with van der Waals surface area (Å²) in [6.45, 7) is 0. The summed E-state index contributed by atoms with van der Waals surface area (Å²) >= 11 is 3.29. The number of amides is 1. The molecule has 2 rings (SSSR count). The predicted molar refractivity (Wildman–Crippen MR) is 85.5 cm³/mol. The summed E-state index contributed by atoms with van der Waals surface area (Å²) in [4.78, 5) is 12.1. The van der Waals surface area contributed by atoms with Gasteiger partial charge in [-0.2, -0.15) is 5.10 Å². The van der Waals surface area contributed by atoms with Gasteiger partial charge < -0.3 is 14.9 Å². The molecule has 0 saturated carbocycles. The van der Waals surface area contributed by atoms with Crippen LogP contribution in [0.5, 0.6) is 17.2 Å². The van der Waals surface area contributed by atoms with Gasteiger partial charge in [0.1, 0.15) is 5.75 Å². The molecule has 6 nitrogen and oxygen atoms in total. The lowest BCUT2D eigenvalue weighted by Crippen LogP contribution is -2.18. The summed E-state index contributed by atoms with van der Waals surface area (Å²) in [6, 6.07) is 9.25. The van der Waals surface area contributed by atoms with Crippen LogP contribution >= 0.6 is 15.9 Å². The molecule has 0 unspecified atom stereocenters. The second-order valence-electron chi connectivity index (χ2n) is 4.29. The molecule has 0 radical (unpaired) electrons. The van der Waals surface area contributed by atoms with Crippen molar-refractivity contribution in [2.45, 2.75) is 0 Å². The highest BCUT2D eigenvalue weighted by Gasteiger charge is 2.11. The first-order valence-electron chi connectivity index (χ1n) is 6.20. The minimum Gasteiger partial charge on any atom is -0.504 e. The van der Waals surface area contributed by atoms with Crippen molar-refractivity contribution in [1.29, 1.82) is 0 Å². The molecule has 114 valence electrons. The molecular weight excluding hydrogens is 352 g/mol. The molecule has 0 aliphatic heterocycles. The first kappa shape index (κ1) is 15.8. The Morgan fingerprint density at radius 2 is 2.00 bits per heavy atom. The molecule has 0 spiro atoms. The Morgan fingerprint density at radius 1 is 1.23 bits per heavy atom. The zero-order valence-electron chi connectivity index (χ0n) is 11.6. The van der Waals surface area contributed by atoms with Gasteiger partial charge in [0.15, 0.2) is 11.5 Å². The first-order chi connectivity index (χ1) is 10.5. The van der Waals surface area contributed by atoms with Gasteiger partial charge in [0.2, 0.25) is 0 Å². The van der Waals surface area contributed by atoms with E-state index in [1.165, 1.54) is 25.5 Å². The second kappa shape index (κ2) is 6.95. The molecule has 0 bridgehead atoms. The van der Waals surface area contributed by atoms with Gasteiger partial charge in [0.25, 0.3) is 5.91 Å². The number of halogens is 1. The Labute approximate surface area is 135 Å². The van der Waals surface area contributed by atoms with E-state index in [0.29, 0.717) is 16.9 Å². The number of ether oxygens (including phenoxy) is 1. The summed E-state index contributed by atoms with van der Waals surface area (Å²) in [6.07, 6.45) is 1.35. The molecule has 0 saturated heterocycles. The maximum atomic E-state index is 12.1. The van der Waals surface area contributed by atoms with E-state index in [0.717, 1.165) is 4.47 Å². The third-order valence-corrected chi connectivity index (χ3v) is 3.28. The number of phenols is 2. The van der Waals surface area contributed by atoms with E-state index >= 15 is 0 Å². The standard InChI is InChI=1S/C15H13BrN2O4/c1-22-14-5-3-10(16)7-11(14)15(21)18-17-8-9-2-4-12(19)13(20)6-9/h2-8,19-20H,1H3,(H,18,21)/b17-8-. The largest absolute Gasteiger partial charge is 0.504 e. The van der Waals surface area contributed by atoms with Crippen molar-refractivity contribution in [2.24, 2.45) is 5.10 Å². The number of carbonyl (C=O) groups is 1. The van der Waals surface area contributed by atoms with Gasteiger partial charge in [-0.25, -0.2) is 5.43 Å². The van der Waals surface area contributed by atoms with Crippen LogP contribution in [0.4, 0.5) is 0 Å². The molecule has 0 aliphatic rings. The lowest BCUT2D eigenvalue weighted by atomic mass is 10.2. The Morgan fingerprint density at radius 3 is 2.68 bits per heavy atom. The maximum absolute atomic E-state index is 12.1. The average molecular weight is 365 g/mol. The SMILES string of the molecule is COc1ccc(Br)cc1C(=O)N/N=C\c1ccc(O)c(O)c1. The average Bonchev–Trinajstić information content (AvgIpc) is 2.50. The van der Waals surface area contributed by atoms with Crippen LogP contribution in [0.15, 0.2) is 46.0 Å². The van der Waals surface area contributed by atoms with Crippen LogP contribution in [0.1, 0.15) is 15.9 Å². The number of aromatic hydroxyl groups is 2. The molecule has 0 fully saturated rings. The van der Waals surface area contributed by atoms with Gasteiger partial charge in [-0.1, -0.05) is 15.9 Å². The Balaban J connectivity index is 2.11. The van der Waals surface area contributed by atoms with Crippen molar-refractivity contribution in [1.82, 2.24) is 5.43 Å². The van der Waals surface area contributed by atoms with E-state index in [1.54, 1.807) is 24.3 Å². The number of nitrogens with one attached hydrogen (secondary N) is 1. The van der Waals surface area contributed by atoms with E-state index in [4.69, 9.17) is 4.74 Å². The number of phenolic OH excluding ortho intramolecular Hbond substituents is 2. The summed E-state index contributed by atoms with van der Waals surface area (Å²) in [5.41, 5.74) is 3.23. The van der Waals surface area contributed by atoms with Gasteiger partial charge in [-0.3, -0.25) is 4.79 Å². The molecule has 0 heterocycles. The fourth-order valence-corrected chi connectivity index (χ4v) is 2.07. The Bertz CT molecular complexity index is 731. The van der Waals surface area contributed by atoms with Crippen LogP contribution in [0.2, 0.25) is 0 Å². The molecule has 2 aromatic rings. The van der Waals surface area contributed by atoms with E-state index in [-0.39, 0.29) is 11.5 Å². The van der Waals surface area contributed by atoms with Crippen molar-refractivity contribution in [2.75, 3.05) is 7.11 Å². The molecule has 3 N–H and O–H groups in total. The van der Waals surface area contributed by atoms with Crippen molar-refractivity contribution in [3.8, 4) is 17.2 Å². The Hall–Kier alpha value is -2.54. The Kier molecular flexibility index (Phi) is 5.00. The number of hydrogen-bond donors (Lipinski definition) is 3. The van der Waals surface area contributed by atoms with Gasteiger partial charge in [-0.15, -0.1) is 0 Å². The molecule has 22 heavy (non-hydrogen) atoms. The third-order valence-electron chi connectivity index (χ3n) is 2.79. The number of carbonyl (C=O) groups excluding carboxylic acids is 1. The van der Waals surface area contributed by atoms with Crippen molar-refractivity contribution >= 4 is 28.1 Å². The van der Waals surface area contributed by atoms with E-state index in [2.05, 4.69) is 26.5 Å². The van der Waals surface area contributed by atoms with E-state index < -0.39 is 5.91 Å². The normalized spacial score (nSPS) is 10.6. The number of methoxy groups -OCH3 is 1. The van der Waals surface area contributed by atoms with Crippen LogP contribution in [-0.2, 0) is 0 Å². The van der Waals surface area contributed by atoms with Crippen molar-refractivity contribution in [3.05, 3.63) is 52.0 Å². The fraction of sp³-hybridized carbons (Fsp3) is 0.0667. The quantitative estimate of drug-likeness (QED) is 0.441. The van der Waals surface area contributed by atoms with Crippen molar-refractivity contribution < 1.29 is 19.7 Å². The molecule has 2 aromatic carbocycles. The zero-order chi connectivity index (χ0) is 16.1. The minimum atomic E-state index is -0.433. The number of nitrogens with zero attached hydrogens (tertiary/aromatic N) is 1. The van der Waals surface area contributed by atoms with Crippen LogP contribution < -0.4 is 10.2 Å². The van der Waals surface area contributed by atoms with Gasteiger partial charge in [-0.05, 0) is 42.0 Å². The van der Waals surface area contributed by atoms with Crippen LogP contribution in [0.3, 0.4) is 0 Å². The highest BCUT2D eigenvalue weighted by molar-refractivity contribution is 9.10. The fourth-order valence-electron chi connectivity index (χ4n) is 1.70. The molecule has 1 amide bonds. The smallest absolute Gasteiger partial charge is 0.275 e. The summed E-state index contributed by atoms with van der Waals surface area (Å²) in [7, 11) is 1.47. The van der Waals surface area contributed by atoms with Crippen LogP contribution in [0.25, 0.3) is 0 Å². The highest BCUT2D eigenvalue weighted by Crippen LogP contribution is 2.24. The number of rotatable bonds is 4. The maximum Gasteiger partial charge on any atom is 0.275 e. The van der Waals surface area contributed by atoms with Gasteiger partial charge in [0.05, 0.1) is 18.9 Å². The summed E-state index contributed by atoms with van der Waals surface area (Å²) in [5.74, 6) is -0.487. The van der Waals surface area contributed by atoms with Gasteiger partial charge in [0, 0.05) is 4.47 Å². The predicted octanol–water partition coefficient (Wildman–Crippen LogP) is 2.63. The molecule has 0 aromatic heterocycles. The summed E-state index contributed by atoms with van der Waals surface area (Å²) < 4.78 is 5.86. The van der Waals surface area contributed by atoms with Crippen LogP contribution in [0, 0.1) is 0 Å². The first-order valence-corrected chi connectivity index (χ1v) is 6.99. The molecule has 7 heteroatoms. The monoisotopic (exact) mass is 364 g/mol. The summed E-state index contributed by atoms with van der Waals surface area (Å²) in [5, 5.41) is 22.4. The highest BCUT2D eigenvalue weighted by atomic mass is 79.9. The van der Waals surface area contributed by atoms with Crippen molar-refractivity contribution in [3.63, 3.8) is 0 Å². The molecule has 0 aliphatic carbocycles. The third kappa shape index (κ3) is 3.76. The lowest BCUT2D eigenvalue weighted by Gasteiger charge is -2.07. The molecular formula is C15H13BrN2O4. The number of hydrazone groups is 1. The molecule has 0 atom stereocenters. The van der Waals surface area contributed by atoms with Gasteiger partial charge >= 0.3 is 0 Å². The number of hydrogen-bond acceptors (Lipinski definition) is 5. The zero-order valence-corrected chi connectivity index (χ0v) is 13.2. The van der Waals surface area contributed by atoms with Crippen LogP contribution in [-0.4, -0.2) is 29.4 Å².